The van der Waals surface area contributed by atoms with E-state index in [0.717, 1.165) is 24.8 Å². The molecule has 31 heavy (non-hydrogen) atoms. The highest BCUT2D eigenvalue weighted by Gasteiger charge is 2.36. The summed E-state index contributed by atoms with van der Waals surface area (Å²) in [5.41, 5.74) is 1.88. The van der Waals surface area contributed by atoms with Crippen LogP contribution in [0.15, 0.2) is 24.9 Å². The van der Waals surface area contributed by atoms with Crippen LogP contribution in [0.25, 0.3) is 28.7 Å². The smallest absolute Gasteiger partial charge is 0.396 e. The molecule has 0 saturated heterocycles. The first-order valence-corrected chi connectivity index (χ1v) is 9.51. The molecule has 0 fully saturated rings. The lowest BCUT2D eigenvalue weighted by Crippen LogP contribution is -2.07. The normalized spacial score (nSPS) is 12.1. The molecular formula is C18H19F3N8O2. The van der Waals surface area contributed by atoms with E-state index in [2.05, 4.69) is 35.1 Å². The zero-order valence-corrected chi connectivity index (χ0v) is 16.2. The molecule has 0 aromatic carbocycles. The van der Waals surface area contributed by atoms with Crippen molar-refractivity contribution in [3.05, 3.63) is 36.3 Å². The van der Waals surface area contributed by atoms with Crippen LogP contribution in [0.4, 0.5) is 13.2 Å². The van der Waals surface area contributed by atoms with Gasteiger partial charge in [0, 0.05) is 31.2 Å². The Hall–Kier alpha value is -3.32. The van der Waals surface area contributed by atoms with Crippen molar-refractivity contribution in [1.82, 2.24) is 39.5 Å². The van der Waals surface area contributed by atoms with Crippen LogP contribution in [0.1, 0.15) is 30.7 Å². The minimum absolute atomic E-state index is 0.135. The van der Waals surface area contributed by atoms with Gasteiger partial charge in [0.25, 0.3) is 5.82 Å². The molecule has 10 nitrogen and oxygen atoms in total. The highest BCUT2D eigenvalue weighted by Crippen LogP contribution is 2.32. The first-order valence-electron chi connectivity index (χ1n) is 9.51. The minimum Gasteiger partial charge on any atom is -0.396 e. The number of unbranched alkanes of at least 4 members (excludes halogenated alkanes) is 2. The number of H-pyrrole nitrogens is 2. The zero-order valence-electron chi connectivity index (χ0n) is 16.2. The molecule has 0 saturated carbocycles. The number of nitrogens with zero attached hydrogens (tertiary/aromatic N) is 6. The Morgan fingerprint density at radius 3 is 2.71 bits per heavy atom. The number of rotatable bonds is 9. The van der Waals surface area contributed by atoms with Gasteiger partial charge in [0.15, 0.2) is 5.82 Å². The Balaban J connectivity index is 1.66. The van der Waals surface area contributed by atoms with Crippen LogP contribution in [0.2, 0.25) is 0 Å². The summed E-state index contributed by atoms with van der Waals surface area (Å²) in [7, 11) is 0. The summed E-state index contributed by atoms with van der Waals surface area (Å²) in [6, 6.07) is 0. The lowest BCUT2D eigenvalue weighted by Gasteiger charge is -2.06. The van der Waals surface area contributed by atoms with Crippen molar-refractivity contribution in [2.24, 2.45) is 0 Å². The van der Waals surface area contributed by atoms with Gasteiger partial charge in [-0.3, -0.25) is 9.50 Å². The highest BCUT2D eigenvalue weighted by molar-refractivity contribution is 5.76. The van der Waals surface area contributed by atoms with Crippen LogP contribution in [-0.4, -0.2) is 57.8 Å². The maximum Gasteiger partial charge on any atom is 0.453 e. The number of halogens is 3. The molecule has 0 aliphatic carbocycles. The third-order valence-corrected chi connectivity index (χ3v) is 4.47. The third-order valence-electron chi connectivity index (χ3n) is 4.47. The molecule has 13 heteroatoms. The first kappa shape index (κ1) is 20.9. The van der Waals surface area contributed by atoms with Crippen molar-refractivity contribution < 1.29 is 23.0 Å². The number of hydrogen-bond acceptors (Lipinski definition) is 7. The second kappa shape index (κ2) is 8.81. The van der Waals surface area contributed by atoms with Gasteiger partial charge in [0.1, 0.15) is 11.4 Å². The fourth-order valence-corrected chi connectivity index (χ4v) is 3.03. The molecule has 4 aromatic rings. The Labute approximate surface area is 173 Å². The fourth-order valence-electron chi connectivity index (χ4n) is 3.03. The number of alkyl halides is 3. The van der Waals surface area contributed by atoms with Gasteiger partial charge < -0.3 is 14.8 Å². The molecule has 0 atom stereocenters. The summed E-state index contributed by atoms with van der Waals surface area (Å²) in [4.78, 5) is 19.1. The molecule has 4 rings (SSSR count). The largest absolute Gasteiger partial charge is 0.453 e. The molecule has 0 aliphatic rings. The molecule has 4 heterocycles. The summed E-state index contributed by atoms with van der Waals surface area (Å²) >= 11 is 0. The van der Waals surface area contributed by atoms with E-state index in [1.807, 2.05) is 0 Å². The number of hydrogen-bond donors (Lipinski definition) is 3. The predicted molar refractivity (Wildman–Crippen MR) is 102 cm³/mol. The summed E-state index contributed by atoms with van der Waals surface area (Å²) in [5.74, 6) is -1.14. The van der Waals surface area contributed by atoms with Crippen molar-refractivity contribution in [2.75, 3.05) is 13.2 Å². The van der Waals surface area contributed by atoms with Crippen LogP contribution < -0.4 is 0 Å². The van der Waals surface area contributed by atoms with Gasteiger partial charge >= 0.3 is 6.18 Å². The SMILES string of the molecule is OCCCCCOCc1cnc2nc(-c3nc(C(F)(F)F)n[nH]3)c(-c3cnc[nH]3)n2c1. The summed E-state index contributed by atoms with van der Waals surface area (Å²) < 4.78 is 46.1. The third kappa shape index (κ3) is 4.56. The van der Waals surface area contributed by atoms with Gasteiger partial charge in [-0.2, -0.15) is 13.2 Å². The number of ether oxygens (including phenoxy) is 1. The lowest BCUT2D eigenvalue weighted by atomic mass is 10.2. The summed E-state index contributed by atoms with van der Waals surface area (Å²) in [6.45, 7) is 1.01. The van der Waals surface area contributed by atoms with Gasteiger partial charge in [-0.25, -0.2) is 19.9 Å². The Bertz CT molecular complexity index is 1140. The standard InChI is InChI=1S/C18H19F3N8O2/c19-18(20,21)16-26-15(27-28-16)13-14(12-7-22-10-24-12)29-8-11(6-23-17(29)25-13)9-31-5-3-1-2-4-30/h6-8,10,30H,1-5,9H2,(H,22,24)(H,26,27,28). The monoisotopic (exact) mass is 436 g/mol. The Kier molecular flexibility index (Phi) is 5.95. The number of fused-ring (bicyclic) bond motifs is 1. The van der Waals surface area contributed by atoms with E-state index in [-0.39, 0.29) is 23.9 Å². The topological polar surface area (TPSA) is 130 Å². The van der Waals surface area contributed by atoms with Crippen molar-refractivity contribution in [3.8, 4) is 22.9 Å². The summed E-state index contributed by atoms with van der Waals surface area (Å²) in [6.07, 6.45) is 4.09. The van der Waals surface area contributed by atoms with Gasteiger partial charge in [-0.1, -0.05) is 0 Å². The number of imidazole rings is 2. The van der Waals surface area contributed by atoms with Crippen LogP contribution in [0.5, 0.6) is 0 Å². The second-order valence-electron chi connectivity index (χ2n) is 6.75. The maximum absolute atomic E-state index is 12.9. The van der Waals surface area contributed by atoms with Crippen molar-refractivity contribution in [2.45, 2.75) is 32.0 Å². The van der Waals surface area contributed by atoms with Crippen molar-refractivity contribution >= 4 is 5.78 Å². The van der Waals surface area contributed by atoms with E-state index < -0.39 is 12.0 Å². The van der Waals surface area contributed by atoms with Gasteiger partial charge in [0.05, 0.1) is 24.8 Å². The predicted octanol–water partition coefficient (Wildman–Crippen LogP) is 2.60. The minimum atomic E-state index is -4.68. The van der Waals surface area contributed by atoms with E-state index in [1.54, 1.807) is 16.8 Å². The molecule has 0 unspecified atom stereocenters. The average Bonchev–Trinajstić information content (AvgIpc) is 3.48. The molecule has 0 aliphatic heterocycles. The molecule has 0 spiro atoms. The summed E-state index contributed by atoms with van der Waals surface area (Å²) in [5, 5.41) is 14.4. The quantitative estimate of drug-likeness (QED) is 0.344. The average molecular weight is 436 g/mol. The van der Waals surface area contributed by atoms with Crippen molar-refractivity contribution in [1.29, 1.82) is 0 Å². The first-order chi connectivity index (χ1) is 15.0. The van der Waals surface area contributed by atoms with Crippen LogP contribution in [-0.2, 0) is 17.5 Å². The maximum atomic E-state index is 12.9. The zero-order chi connectivity index (χ0) is 21.8. The van der Waals surface area contributed by atoms with Gasteiger partial charge in [0.2, 0.25) is 5.78 Å². The molecule has 0 radical (unpaired) electrons. The molecule has 164 valence electrons. The molecule has 0 amide bonds. The van der Waals surface area contributed by atoms with Crippen molar-refractivity contribution in [3.63, 3.8) is 0 Å². The van der Waals surface area contributed by atoms with E-state index in [1.165, 1.54) is 12.5 Å². The van der Waals surface area contributed by atoms with Crippen LogP contribution in [0.3, 0.4) is 0 Å². The Morgan fingerprint density at radius 1 is 1.13 bits per heavy atom. The van der Waals surface area contributed by atoms with E-state index >= 15 is 0 Å². The highest BCUT2D eigenvalue weighted by atomic mass is 19.4. The molecule has 3 N–H and O–H groups in total. The number of nitrogens with one attached hydrogen (secondary N) is 2. The lowest BCUT2D eigenvalue weighted by molar-refractivity contribution is -0.144. The van der Waals surface area contributed by atoms with Crippen LogP contribution in [0, 0.1) is 0 Å². The molecule has 0 bridgehead atoms. The van der Waals surface area contributed by atoms with Gasteiger partial charge in [-0.05, 0) is 19.3 Å². The van der Waals surface area contributed by atoms with E-state index in [4.69, 9.17) is 9.84 Å². The second-order valence-corrected chi connectivity index (χ2v) is 6.75. The number of aromatic amines is 2. The molecule has 4 aromatic heterocycles. The number of aromatic nitrogens is 8. The van der Waals surface area contributed by atoms with Crippen LogP contribution >= 0.6 is 0 Å². The van der Waals surface area contributed by atoms with Gasteiger partial charge in [-0.15, -0.1) is 5.10 Å². The van der Waals surface area contributed by atoms with E-state index in [0.29, 0.717) is 24.6 Å². The molecular weight excluding hydrogens is 417 g/mol. The Morgan fingerprint density at radius 2 is 2.00 bits per heavy atom. The van der Waals surface area contributed by atoms with E-state index in [9.17, 15) is 13.2 Å². The number of aliphatic hydroxyl groups is 1. The fraction of sp³-hybridized carbons (Fsp3) is 0.389. The number of aliphatic hydroxyl groups excluding tert-OH is 1.